The molecule has 2 aromatic heterocycles. The Morgan fingerprint density at radius 2 is 2.04 bits per heavy atom. The van der Waals surface area contributed by atoms with Gasteiger partial charge in [-0.3, -0.25) is 4.79 Å². The van der Waals surface area contributed by atoms with Crippen molar-refractivity contribution in [2.45, 2.75) is 12.8 Å². The number of pyridine rings is 1. The first-order chi connectivity index (χ1) is 12.0. The van der Waals surface area contributed by atoms with Gasteiger partial charge in [-0.1, -0.05) is 6.07 Å². The van der Waals surface area contributed by atoms with E-state index in [2.05, 4.69) is 10.3 Å². The second-order valence-electron chi connectivity index (χ2n) is 5.74. The second-order valence-corrected chi connectivity index (χ2v) is 5.74. The van der Waals surface area contributed by atoms with Crippen LogP contribution in [0.25, 0.3) is 11.2 Å². The fraction of sp³-hybridized carbons (Fsp3) is 0.111. The highest BCUT2D eigenvalue weighted by Gasteiger charge is 2.29. The Hall–Kier alpha value is -3.22. The molecule has 0 atom stereocenters. The van der Waals surface area contributed by atoms with Gasteiger partial charge in [0.2, 0.25) is 0 Å². The lowest BCUT2D eigenvalue weighted by atomic mass is 9.97. The number of hydrogen-bond donors (Lipinski definition) is 2. The second kappa shape index (κ2) is 5.70. The van der Waals surface area contributed by atoms with Gasteiger partial charge >= 0.3 is 0 Å². The molecule has 0 spiro atoms. The Morgan fingerprint density at radius 3 is 2.88 bits per heavy atom. The summed E-state index contributed by atoms with van der Waals surface area (Å²) < 4.78 is 28.9. The van der Waals surface area contributed by atoms with Crippen molar-refractivity contribution in [3.63, 3.8) is 0 Å². The van der Waals surface area contributed by atoms with Crippen LogP contribution in [-0.2, 0) is 11.2 Å². The normalized spacial score (nSPS) is 13.8. The summed E-state index contributed by atoms with van der Waals surface area (Å²) in [5.41, 5.74) is 1.47. The standard InChI is InChI=1S/C18H13F2N3O2/c19-10-4-5-11(20)12(9-10)21-18(25)16-14(24)7-6-13-17(16)22-15-3-1-2-8-23(13)15/h1-5,8-9,24H,6-7H2,(H,21,25). The summed E-state index contributed by atoms with van der Waals surface area (Å²) in [7, 11) is 0. The molecule has 0 saturated heterocycles. The van der Waals surface area contributed by atoms with Crippen LogP contribution in [0.15, 0.2) is 48.4 Å². The van der Waals surface area contributed by atoms with Crippen molar-refractivity contribution in [3.05, 3.63) is 71.4 Å². The summed E-state index contributed by atoms with van der Waals surface area (Å²) in [6.07, 6.45) is 2.62. The van der Waals surface area contributed by atoms with Crippen LogP contribution in [0.2, 0.25) is 0 Å². The van der Waals surface area contributed by atoms with Gasteiger partial charge in [-0.2, -0.15) is 0 Å². The maximum atomic E-state index is 13.8. The topological polar surface area (TPSA) is 66.6 Å². The van der Waals surface area contributed by atoms with E-state index in [1.165, 1.54) is 0 Å². The number of nitrogens with zero attached hydrogens (tertiary/aromatic N) is 2. The maximum Gasteiger partial charge on any atom is 0.261 e. The molecule has 0 aliphatic heterocycles. The zero-order chi connectivity index (χ0) is 17.6. The van der Waals surface area contributed by atoms with Gasteiger partial charge in [-0.25, -0.2) is 13.8 Å². The van der Waals surface area contributed by atoms with Crippen molar-refractivity contribution in [1.82, 2.24) is 9.38 Å². The quantitative estimate of drug-likeness (QED) is 0.750. The Labute approximate surface area is 141 Å². The van der Waals surface area contributed by atoms with Gasteiger partial charge in [0.1, 0.15) is 34.3 Å². The van der Waals surface area contributed by atoms with E-state index in [0.717, 1.165) is 23.9 Å². The zero-order valence-corrected chi connectivity index (χ0v) is 13.0. The molecule has 1 aromatic carbocycles. The van der Waals surface area contributed by atoms with E-state index in [9.17, 15) is 18.7 Å². The molecule has 4 rings (SSSR count). The van der Waals surface area contributed by atoms with Crippen LogP contribution in [0.5, 0.6) is 0 Å². The third kappa shape index (κ3) is 2.53. The summed E-state index contributed by atoms with van der Waals surface area (Å²) in [4.78, 5) is 17.0. The number of aliphatic hydroxyl groups excluding tert-OH is 1. The number of aromatic nitrogens is 2. The third-order valence-corrected chi connectivity index (χ3v) is 4.16. The molecule has 126 valence electrons. The number of nitrogens with one attached hydrogen (secondary N) is 1. The number of imidazole rings is 1. The molecule has 7 heteroatoms. The molecule has 2 N–H and O–H groups in total. The molecule has 3 aromatic rings. The van der Waals surface area contributed by atoms with Crippen molar-refractivity contribution in [2.75, 3.05) is 5.32 Å². The highest BCUT2D eigenvalue weighted by atomic mass is 19.1. The van der Waals surface area contributed by atoms with Crippen molar-refractivity contribution in [2.24, 2.45) is 0 Å². The molecular formula is C18H13F2N3O2. The number of benzene rings is 1. The molecule has 0 fully saturated rings. The van der Waals surface area contributed by atoms with Gasteiger partial charge in [0.05, 0.1) is 11.4 Å². The first kappa shape index (κ1) is 15.3. The van der Waals surface area contributed by atoms with E-state index in [0.29, 0.717) is 17.8 Å². The number of fused-ring (bicyclic) bond motifs is 3. The van der Waals surface area contributed by atoms with Gasteiger partial charge in [-0.05, 0) is 30.7 Å². The predicted octanol–water partition coefficient (Wildman–Crippen LogP) is 3.47. The summed E-state index contributed by atoms with van der Waals surface area (Å²) >= 11 is 0. The average Bonchev–Trinajstić information content (AvgIpc) is 2.96. The Bertz CT molecular complexity index is 1040. The SMILES string of the molecule is O=C(Nc1cc(F)ccc1F)C1=C(O)CCc2c1nc1ccccn21. The molecule has 0 bridgehead atoms. The molecule has 1 amide bonds. The number of hydrogen-bond acceptors (Lipinski definition) is 3. The number of carbonyl (C=O) groups is 1. The molecule has 5 nitrogen and oxygen atoms in total. The van der Waals surface area contributed by atoms with Crippen LogP contribution < -0.4 is 5.32 Å². The van der Waals surface area contributed by atoms with Crippen LogP contribution in [0.3, 0.4) is 0 Å². The molecular weight excluding hydrogens is 328 g/mol. The van der Waals surface area contributed by atoms with E-state index in [1.807, 2.05) is 22.7 Å². The molecule has 25 heavy (non-hydrogen) atoms. The number of aryl methyl sites for hydroxylation is 1. The first-order valence-electron chi connectivity index (χ1n) is 7.69. The number of rotatable bonds is 2. The number of amides is 1. The van der Waals surface area contributed by atoms with Gasteiger partial charge in [0, 0.05) is 18.7 Å². The van der Waals surface area contributed by atoms with Gasteiger partial charge in [0.25, 0.3) is 5.91 Å². The minimum atomic E-state index is -0.763. The van der Waals surface area contributed by atoms with Crippen LogP contribution in [0.4, 0.5) is 14.5 Å². The molecule has 2 heterocycles. The minimum Gasteiger partial charge on any atom is -0.511 e. The lowest BCUT2D eigenvalue weighted by Gasteiger charge is -2.16. The average molecular weight is 341 g/mol. The molecule has 1 aliphatic carbocycles. The van der Waals surface area contributed by atoms with Gasteiger partial charge in [0.15, 0.2) is 0 Å². The van der Waals surface area contributed by atoms with Crippen molar-refractivity contribution < 1.29 is 18.7 Å². The molecule has 1 aliphatic rings. The van der Waals surface area contributed by atoms with Crippen molar-refractivity contribution in [3.8, 4) is 0 Å². The Balaban J connectivity index is 1.77. The zero-order valence-electron chi connectivity index (χ0n) is 13.0. The first-order valence-corrected chi connectivity index (χ1v) is 7.69. The summed E-state index contributed by atoms with van der Waals surface area (Å²) in [6.45, 7) is 0. The number of aliphatic hydroxyl groups is 1. The Morgan fingerprint density at radius 1 is 1.20 bits per heavy atom. The highest BCUT2D eigenvalue weighted by molar-refractivity contribution is 6.26. The van der Waals surface area contributed by atoms with Crippen LogP contribution >= 0.6 is 0 Å². The van der Waals surface area contributed by atoms with Gasteiger partial charge in [-0.15, -0.1) is 0 Å². The number of allylic oxidation sites excluding steroid dienone is 1. The van der Waals surface area contributed by atoms with Crippen molar-refractivity contribution >= 4 is 22.8 Å². The van der Waals surface area contributed by atoms with E-state index in [-0.39, 0.29) is 23.4 Å². The van der Waals surface area contributed by atoms with Crippen molar-refractivity contribution in [1.29, 1.82) is 0 Å². The monoisotopic (exact) mass is 341 g/mol. The van der Waals surface area contributed by atoms with Gasteiger partial charge < -0.3 is 14.8 Å². The number of halogens is 2. The molecule has 0 unspecified atom stereocenters. The third-order valence-electron chi connectivity index (χ3n) is 4.16. The highest BCUT2D eigenvalue weighted by Crippen LogP contribution is 2.31. The fourth-order valence-corrected chi connectivity index (χ4v) is 3.00. The smallest absolute Gasteiger partial charge is 0.261 e. The lowest BCUT2D eigenvalue weighted by molar-refractivity contribution is -0.111. The lowest BCUT2D eigenvalue weighted by Crippen LogP contribution is -2.20. The number of carbonyl (C=O) groups excluding carboxylic acids is 1. The van der Waals surface area contributed by atoms with E-state index >= 15 is 0 Å². The van der Waals surface area contributed by atoms with E-state index in [4.69, 9.17) is 0 Å². The number of anilines is 1. The predicted molar refractivity (Wildman–Crippen MR) is 88.0 cm³/mol. The Kier molecular flexibility index (Phi) is 3.49. The minimum absolute atomic E-state index is 0.0198. The summed E-state index contributed by atoms with van der Waals surface area (Å²) in [5, 5.41) is 12.5. The van der Waals surface area contributed by atoms with E-state index in [1.54, 1.807) is 6.07 Å². The summed E-state index contributed by atoms with van der Waals surface area (Å²) in [5.74, 6) is -2.29. The largest absolute Gasteiger partial charge is 0.511 e. The summed E-state index contributed by atoms with van der Waals surface area (Å²) in [6, 6.07) is 8.22. The molecule has 0 radical (unpaired) electrons. The van der Waals surface area contributed by atoms with Crippen LogP contribution in [0.1, 0.15) is 17.8 Å². The van der Waals surface area contributed by atoms with Crippen LogP contribution in [-0.4, -0.2) is 20.4 Å². The molecule has 0 saturated carbocycles. The van der Waals surface area contributed by atoms with E-state index < -0.39 is 17.5 Å². The van der Waals surface area contributed by atoms with Crippen LogP contribution in [0, 0.1) is 11.6 Å². The maximum absolute atomic E-state index is 13.8. The fourth-order valence-electron chi connectivity index (χ4n) is 3.00.